The van der Waals surface area contributed by atoms with E-state index in [4.69, 9.17) is 0 Å². The van der Waals surface area contributed by atoms with E-state index in [2.05, 4.69) is 10.4 Å². The van der Waals surface area contributed by atoms with E-state index in [-0.39, 0.29) is 11.9 Å². The second kappa shape index (κ2) is 5.31. The standard InChI is InChI=1S/C14H18FN3/c1-4-16-14(11-8-17-18(3)9-11)12-7-10(2)5-6-13(12)15/h5-9,14,16H,4H2,1-3H3. The van der Waals surface area contributed by atoms with Crippen LogP contribution in [0.2, 0.25) is 0 Å². The number of nitrogens with one attached hydrogen (secondary N) is 1. The van der Waals surface area contributed by atoms with Crippen LogP contribution in [0.25, 0.3) is 0 Å². The van der Waals surface area contributed by atoms with Gasteiger partial charge in [-0.2, -0.15) is 5.10 Å². The molecule has 1 aromatic heterocycles. The Morgan fingerprint density at radius 1 is 1.44 bits per heavy atom. The average Bonchev–Trinajstić information content (AvgIpc) is 2.76. The fourth-order valence-electron chi connectivity index (χ4n) is 2.09. The largest absolute Gasteiger partial charge is 0.306 e. The smallest absolute Gasteiger partial charge is 0.128 e. The summed E-state index contributed by atoms with van der Waals surface area (Å²) >= 11 is 0. The Kier molecular flexibility index (Phi) is 3.77. The molecule has 0 aliphatic carbocycles. The van der Waals surface area contributed by atoms with Crippen molar-refractivity contribution < 1.29 is 4.39 Å². The van der Waals surface area contributed by atoms with E-state index in [0.717, 1.165) is 17.7 Å². The molecule has 0 aliphatic rings. The van der Waals surface area contributed by atoms with Gasteiger partial charge < -0.3 is 5.32 Å². The third-order valence-corrected chi connectivity index (χ3v) is 2.93. The first-order valence-corrected chi connectivity index (χ1v) is 6.09. The van der Waals surface area contributed by atoms with Crippen LogP contribution >= 0.6 is 0 Å². The predicted octanol–water partition coefficient (Wildman–Crippen LogP) is 2.57. The van der Waals surface area contributed by atoms with Crippen molar-refractivity contribution in [3.05, 3.63) is 53.1 Å². The van der Waals surface area contributed by atoms with Crippen LogP contribution in [0.5, 0.6) is 0 Å². The van der Waals surface area contributed by atoms with Gasteiger partial charge in [-0.15, -0.1) is 0 Å². The zero-order valence-corrected chi connectivity index (χ0v) is 10.9. The molecule has 0 spiro atoms. The molecule has 3 nitrogen and oxygen atoms in total. The second-order valence-corrected chi connectivity index (χ2v) is 4.46. The lowest BCUT2D eigenvalue weighted by atomic mass is 9.99. The van der Waals surface area contributed by atoms with Crippen LogP contribution in [0.3, 0.4) is 0 Å². The number of aromatic nitrogens is 2. The van der Waals surface area contributed by atoms with E-state index in [1.54, 1.807) is 16.9 Å². The van der Waals surface area contributed by atoms with Crippen LogP contribution in [0.1, 0.15) is 29.7 Å². The maximum absolute atomic E-state index is 14.0. The molecular formula is C14H18FN3. The molecule has 96 valence electrons. The summed E-state index contributed by atoms with van der Waals surface area (Å²) in [7, 11) is 1.86. The minimum atomic E-state index is -0.185. The Labute approximate surface area is 107 Å². The van der Waals surface area contributed by atoms with Crippen molar-refractivity contribution in [1.29, 1.82) is 0 Å². The lowest BCUT2D eigenvalue weighted by Gasteiger charge is -2.18. The van der Waals surface area contributed by atoms with Gasteiger partial charge >= 0.3 is 0 Å². The van der Waals surface area contributed by atoms with Crippen LogP contribution in [0.15, 0.2) is 30.6 Å². The number of halogens is 1. The minimum absolute atomic E-state index is 0.149. The maximum Gasteiger partial charge on any atom is 0.128 e. The van der Waals surface area contributed by atoms with Crippen LogP contribution in [-0.4, -0.2) is 16.3 Å². The third-order valence-electron chi connectivity index (χ3n) is 2.93. The first-order valence-electron chi connectivity index (χ1n) is 6.09. The molecule has 0 saturated heterocycles. The van der Waals surface area contributed by atoms with Gasteiger partial charge in [0.1, 0.15) is 5.82 Å². The fourth-order valence-corrected chi connectivity index (χ4v) is 2.09. The highest BCUT2D eigenvalue weighted by atomic mass is 19.1. The lowest BCUT2D eigenvalue weighted by Crippen LogP contribution is -2.22. The van der Waals surface area contributed by atoms with Crippen molar-refractivity contribution in [2.24, 2.45) is 7.05 Å². The van der Waals surface area contributed by atoms with E-state index in [1.165, 1.54) is 6.07 Å². The highest BCUT2D eigenvalue weighted by Crippen LogP contribution is 2.24. The van der Waals surface area contributed by atoms with Crippen LogP contribution < -0.4 is 5.32 Å². The summed E-state index contributed by atoms with van der Waals surface area (Å²) in [6, 6.07) is 5.04. The van der Waals surface area contributed by atoms with Crippen molar-refractivity contribution >= 4 is 0 Å². The van der Waals surface area contributed by atoms with E-state index in [1.807, 2.05) is 33.2 Å². The van der Waals surface area contributed by atoms with Gasteiger partial charge in [0.05, 0.1) is 12.2 Å². The molecule has 0 bridgehead atoms. The highest BCUT2D eigenvalue weighted by Gasteiger charge is 2.18. The predicted molar refractivity (Wildman–Crippen MR) is 69.9 cm³/mol. The van der Waals surface area contributed by atoms with Crippen LogP contribution in [-0.2, 0) is 7.05 Å². The van der Waals surface area contributed by atoms with Crippen molar-refractivity contribution in [1.82, 2.24) is 15.1 Å². The first-order chi connectivity index (χ1) is 8.61. The highest BCUT2D eigenvalue weighted by molar-refractivity contribution is 5.33. The normalized spacial score (nSPS) is 12.7. The summed E-state index contributed by atoms with van der Waals surface area (Å²) in [5, 5.41) is 7.45. The third kappa shape index (κ3) is 2.59. The van der Waals surface area contributed by atoms with E-state index < -0.39 is 0 Å². The van der Waals surface area contributed by atoms with Gasteiger partial charge in [-0.3, -0.25) is 4.68 Å². The average molecular weight is 247 g/mol. The van der Waals surface area contributed by atoms with Crippen molar-refractivity contribution in [2.45, 2.75) is 19.9 Å². The zero-order chi connectivity index (χ0) is 13.1. The van der Waals surface area contributed by atoms with Gasteiger partial charge in [-0.1, -0.05) is 24.6 Å². The minimum Gasteiger partial charge on any atom is -0.306 e. The van der Waals surface area contributed by atoms with Crippen molar-refractivity contribution in [3.8, 4) is 0 Å². The summed E-state index contributed by atoms with van der Waals surface area (Å²) < 4.78 is 15.7. The SMILES string of the molecule is CCNC(c1cnn(C)c1)c1cc(C)ccc1F. The maximum atomic E-state index is 14.0. The van der Waals surface area contributed by atoms with Crippen molar-refractivity contribution in [3.63, 3.8) is 0 Å². The Morgan fingerprint density at radius 3 is 2.83 bits per heavy atom. The van der Waals surface area contributed by atoms with Gasteiger partial charge in [0.25, 0.3) is 0 Å². The summed E-state index contributed by atoms with van der Waals surface area (Å²) in [5.41, 5.74) is 2.70. The number of hydrogen-bond acceptors (Lipinski definition) is 2. The molecule has 18 heavy (non-hydrogen) atoms. The van der Waals surface area contributed by atoms with Gasteiger partial charge in [0.2, 0.25) is 0 Å². The molecule has 4 heteroatoms. The molecule has 2 aromatic rings. The first kappa shape index (κ1) is 12.8. The molecule has 0 amide bonds. The fraction of sp³-hybridized carbons (Fsp3) is 0.357. The van der Waals surface area contributed by atoms with Crippen molar-refractivity contribution in [2.75, 3.05) is 6.54 Å². The Morgan fingerprint density at radius 2 is 2.22 bits per heavy atom. The molecule has 0 saturated carbocycles. The summed E-state index contributed by atoms with van der Waals surface area (Å²) in [6.07, 6.45) is 3.68. The van der Waals surface area contributed by atoms with Gasteiger partial charge in [-0.05, 0) is 19.5 Å². The Hall–Kier alpha value is -1.68. The lowest BCUT2D eigenvalue weighted by molar-refractivity contribution is 0.558. The zero-order valence-electron chi connectivity index (χ0n) is 10.9. The number of benzene rings is 1. The monoisotopic (exact) mass is 247 g/mol. The number of aryl methyl sites for hydroxylation is 2. The molecular weight excluding hydrogens is 229 g/mol. The molecule has 0 fully saturated rings. The van der Waals surface area contributed by atoms with Crippen LogP contribution in [0, 0.1) is 12.7 Å². The molecule has 1 heterocycles. The van der Waals surface area contributed by atoms with E-state index >= 15 is 0 Å². The molecule has 2 rings (SSSR count). The second-order valence-electron chi connectivity index (χ2n) is 4.46. The summed E-state index contributed by atoms with van der Waals surface area (Å²) in [5.74, 6) is -0.185. The number of hydrogen-bond donors (Lipinski definition) is 1. The summed E-state index contributed by atoms with van der Waals surface area (Å²) in [6.45, 7) is 4.75. The molecule has 0 aliphatic heterocycles. The molecule has 0 radical (unpaired) electrons. The molecule has 1 aromatic carbocycles. The Balaban J connectivity index is 2.44. The molecule has 1 atom stereocenters. The number of rotatable bonds is 4. The number of nitrogens with zero attached hydrogens (tertiary/aromatic N) is 2. The topological polar surface area (TPSA) is 29.9 Å². The molecule has 1 unspecified atom stereocenters. The van der Waals surface area contributed by atoms with Gasteiger partial charge in [0.15, 0.2) is 0 Å². The quantitative estimate of drug-likeness (QED) is 0.900. The summed E-state index contributed by atoms with van der Waals surface area (Å²) in [4.78, 5) is 0. The van der Waals surface area contributed by atoms with E-state index in [0.29, 0.717) is 5.56 Å². The molecule has 1 N–H and O–H groups in total. The van der Waals surface area contributed by atoms with Gasteiger partial charge in [-0.25, -0.2) is 4.39 Å². The van der Waals surface area contributed by atoms with E-state index in [9.17, 15) is 4.39 Å². The van der Waals surface area contributed by atoms with Gasteiger partial charge in [0, 0.05) is 24.4 Å². The Bertz CT molecular complexity index is 534. The van der Waals surface area contributed by atoms with Crippen LogP contribution in [0.4, 0.5) is 4.39 Å².